The number of aliphatic hydroxyl groups excluding tert-OH is 1. The largest absolute Gasteiger partial charge is 0.396 e. The zero-order chi connectivity index (χ0) is 12.0. The van der Waals surface area contributed by atoms with E-state index in [0.717, 1.165) is 0 Å². The Morgan fingerprint density at radius 1 is 1.50 bits per heavy atom. The number of hydrogen-bond acceptors (Lipinski definition) is 3. The molecule has 0 aromatic carbocycles. The average Bonchev–Trinajstić information content (AvgIpc) is 2.30. The van der Waals surface area contributed by atoms with Gasteiger partial charge in [0.15, 0.2) is 0 Å². The monoisotopic (exact) mass is 224 g/mol. The third kappa shape index (κ3) is 3.20. The molecular formula is C11H16N2O3. The number of aromatic amines is 1. The first kappa shape index (κ1) is 12.4. The number of pyridine rings is 1. The highest BCUT2D eigenvalue weighted by Gasteiger charge is 2.13. The van der Waals surface area contributed by atoms with Crippen LogP contribution in [-0.2, 0) is 0 Å². The Morgan fingerprint density at radius 3 is 2.75 bits per heavy atom. The summed E-state index contributed by atoms with van der Waals surface area (Å²) in [7, 11) is 0. The van der Waals surface area contributed by atoms with Crippen molar-refractivity contribution in [3.63, 3.8) is 0 Å². The molecule has 0 aliphatic rings. The molecule has 0 saturated carbocycles. The summed E-state index contributed by atoms with van der Waals surface area (Å²) in [5.74, 6) is -0.132. The standard InChI is InChI=1S/C11H16N2O3/c1-2-13(6-3-7-14)11(16)9-4-5-10(15)12-8-9/h4-5,8,14H,2-3,6-7H2,1H3,(H,12,15). The predicted octanol–water partition coefficient (Wildman–Crippen LogP) is 0.219. The summed E-state index contributed by atoms with van der Waals surface area (Å²) in [4.78, 5) is 26.8. The summed E-state index contributed by atoms with van der Waals surface area (Å²) < 4.78 is 0. The maximum absolute atomic E-state index is 11.9. The minimum absolute atomic E-state index is 0.0649. The van der Waals surface area contributed by atoms with Crippen molar-refractivity contribution in [2.24, 2.45) is 0 Å². The molecule has 1 aromatic rings. The third-order valence-corrected chi connectivity index (χ3v) is 2.29. The molecule has 0 radical (unpaired) electrons. The van der Waals surface area contributed by atoms with Crippen molar-refractivity contribution in [2.45, 2.75) is 13.3 Å². The molecule has 0 fully saturated rings. The van der Waals surface area contributed by atoms with Crippen molar-refractivity contribution in [1.82, 2.24) is 9.88 Å². The van der Waals surface area contributed by atoms with Crippen LogP contribution in [0.15, 0.2) is 23.1 Å². The van der Waals surface area contributed by atoms with E-state index in [1.165, 1.54) is 18.3 Å². The van der Waals surface area contributed by atoms with Gasteiger partial charge in [0.05, 0.1) is 5.56 Å². The van der Waals surface area contributed by atoms with Crippen LogP contribution in [0.5, 0.6) is 0 Å². The highest BCUT2D eigenvalue weighted by molar-refractivity contribution is 5.93. The second-order valence-electron chi connectivity index (χ2n) is 3.40. The van der Waals surface area contributed by atoms with Crippen molar-refractivity contribution in [1.29, 1.82) is 0 Å². The van der Waals surface area contributed by atoms with Crippen LogP contribution in [0.25, 0.3) is 0 Å². The Kier molecular flexibility index (Phi) is 4.72. The number of carbonyl (C=O) groups is 1. The molecule has 0 bridgehead atoms. The number of aromatic nitrogens is 1. The topological polar surface area (TPSA) is 73.4 Å². The van der Waals surface area contributed by atoms with Gasteiger partial charge in [-0.05, 0) is 19.4 Å². The molecule has 16 heavy (non-hydrogen) atoms. The van der Waals surface area contributed by atoms with Gasteiger partial charge in [0.1, 0.15) is 0 Å². The van der Waals surface area contributed by atoms with E-state index >= 15 is 0 Å². The Balaban J connectivity index is 2.74. The number of carbonyl (C=O) groups excluding carboxylic acids is 1. The number of nitrogens with one attached hydrogen (secondary N) is 1. The molecule has 1 heterocycles. The van der Waals surface area contributed by atoms with Gasteiger partial charge in [0.2, 0.25) is 5.56 Å². The molecule has 0 spiro atoms. The fourth-order valence-electron chi connectivity index (χ4n) is 1.39. The highest BCUT2D eigenvalue weighted by atomic mass is 16.3. The Labute approximate surface area is 93.7 Å². The van der Waals surface area contributed by atoms with Crippen LogP contribution in [0, 0.1) is 0 Å². The smallest absolute Gasteiger partial charge is 0.255 e. The lowest BCUT2D eigenvalue weighted by molar-refractivity contribution is 0.0754. The summed E-state index contributed by atoms with van der Waals surface area (Å²) in [6, 6.07) is 2.83. The van der Waals surface area contributed by atoms with Gasteiger partial charge in [-0.25, -0.2) is 0 Å². The summed E-state index contributed by atoms with van der Waals surface area (Å²) in [5.41, 5.74) is 0.231. The first-order chi connectivity index (χ1) is 7.69. The molecule has 2 N–H and O–H groups in total. The van der Waals surface area contributed by atoms with Crippen molar-refractivity contribution in [3.8, 4) is 0 Å². The normalized spacial score (nSPS) is 10.1. The van der Waals surface area contributed by atoms with Crippen molar-refractivity contribution in [3.05, 3.63) is 34.2 Å². The van der Waals surface area contributed by atoms with E-state index < -0.39 is 0 Å². The van der Waals surface area contributed by atoms with Crippen molar-refractivity contribution in [2.75, 3.05) is 19.7 Å². The Morgan fingerprint density at radius 2 is 2.25 bits per heavy atom. The minimum atomic E-state index is -0.227. The van der Waals surface area contributed by atoms with E-state index in [0.29, 0.717) is 25.1 Å². The Hall–Kier alpha value is -1.62. The minimum Gasteiger partial charge on any atom is -0.396 e. The van der Waals surface area contributed by atoms with Gasteiger partial charge in [-0.3, -0.25) is 9.59 Å². The molecule has 5 nitrogen and oxygen atoms in total. The number of nitrogens with zero attached hydrogens (tertiary/aromatic N) is 1. The van der Waals surface area contributed by atoms with Crippen LogP contribution in [0.4, 0.5) is 0 Å². The van der Waals surface area contributed by atoms with Gasteiger partial charge in [-0.15, -0.1) is 0 Å². The van der Waals surface area contributed by atoms with Crippen LogP contribution < -0.4 is 5.56 Å². The van der Waals surface area contributed by atoms with Gasteiger partial charge >= 0.3 is 0 Å². The third-order valence-electron chi connectivity index (χ3n) is 2.29. The molecule has 0 aliphatic heterocycles. The van der Waals surface area contributed by atoms with E-state index in [1.807, 2.05) is 6.92 Å². The SMILES string of the molecule is CCN(CCCO)C(=O)c1ccc(=O)[nH]c1. The molecule has 1 amide bonds. The first-order valence-corrected chi connectivity index (χ1v) is 5.28. The van der Waals surface area contributed by atoms with Gasteiger partial charge in [-0.2, -0.15) is 0 Å². The summed E-state index contributed by atoms with van der Waals surface area (Å²) >= 11 is 0. The molecule has 0 saturated heterocycles. The van der Waals surface area contributed by atoms with Crippen LogP contribution in [0.2, 0.25) is 0 Å². The summed E-state index contributed by atoms with van der Waals surface area (Å²) in [6.07, 6.45) is 1.97. The van der Waals surface area contributed by atoms with Crippen LogP contribution in [0.3, 0.4) is 0 Å². The molecular weight excluding hydrogens is 208 g/mol. The lowest BCUT2D eigenvalue weighted by Crippen LogP contribution is -2.32. The van der Waals surface area contributed by atoms with Crippen LogP contribution in [0.1, 0.15) is 23.7 Å². The molecule has 0 aliphatic carbocycles. The molecule has 1 aromatic heterocycles. The van der Waals surface area contributed by atoms with Gasteiger partial charge in [0, 0.05) is 32.0 Å². The van der Waals surface area contributed by atoms with Crippen molar-refractivity contribution >= 4 is 5.91 Å². The lowest BCUT2D eigenvalue weighted by atomic mass is 10.2. The molecule has 0 atom stereocenters. The van der Waals surface area contributed by atoms with Gasteiger partial charge < -0.3 is 15.0 Å². The highest BCUT2D eigenvalue weighted by Crippen LogP contribution is 2.02. The van der Waals surface area contributed by atoms with Crippen LogP contribution >= 0.6 is 0 Å². The fourth-order valence-corrected chi connectivity index (χ4v) is 1.39. The first-order valence-electron chi connectivity index (χ1n) is 5.28. The van der Waals surface area contributed by atoms with E-state index in [1.54, 1.807) is 4.90 Å². The van der Waals surface area contributed by atoms with E-state index in [-0.39, 0.29) is 18.1 Å². The Bertz CT molecular complexity index is 380. The summed E-state index contributed by atoms with van der Waals surface area (Å²) in [6.45, 7) is 3.04. The van der Waals surface area contributed by atoms with Crippen LogP contribution in [-0.4, -0.2) is 40.6 Å². The number of H-pyrrole nitrogens is 1. The quantitative estimate of drug-likeness (QED) is 0.751. The zero-order valence-electron chi connectivity index (χ0n) is 9.27. The molecule has 0 unspecified atom stereocenters. The van der Waals surface area contributed by atoms with Gasteiger partial charge in [-0.1, -0.05) is 0 Å². The van der Waals surface area contributed by atoms with E-state index in [9.17, 15) is 9.59 Å². The number of amides is 1. The second kappa shape index (κ2) is 6.07. The fraction of sp³-hybridized carbons (Fsp3) is 0.455. The zero-order valence-corrected chi connectivity index (χ0v) is 9.27. The summed E-state index contributed by atoms with van der Waals surface area (Å²) in [5, 5.41) is 8.71. The second-order valence-corrected chi connectivity index (χ2v) is 3.40. The van der Waals surface area contributed by atoms with Gasteiger partial charge in [0.25, 0.3) is 5.91 Å². The predicted molar refractivity (Wildman–Crippen MR) is 60.3 cm³/mol. The number of hydrogen-bond donors (Lipinski definition) is 2. The maximum atomic E-state index is 11.9. The molecule has 1 rings (SSSR count). The lowest BCUT2D eigenvalue weighted by Gasteiger charge is -2.20. The van der Waals surface area contributed by atoms with E-state index in [4.69, 9.17) is 5.11 Å². The van der Waals surface area contributed by atoms with E-state index in [2.05, 4.69) is 4.98 Å². The number of aliphatic hydroxyl groups is 1. The maximum Gasteiger partial charge on any atom is 0.255 e. The molecule has 5 heteroatoms. The molecule has 88 valence electrons. The average molecular weight is 224 g/mol. The number of rotatable bonds is 5. The van der Waals surface area contributed by atoms with Crippen molar-refractivity contribution < 1.29 is 9.90 Å².